The molecule has 1 N–H and O–H groups in total. The van der Waals surface area contributed by atoms with Crippen LogP contribution in [0, 0.1) is 15.9 Å². The Balaban J connectivity index is 2.22. The van der Waals surface area contributed by atoms with Crippen LogP contribution < -0.4 is 10.1 Å². The molecular weight excluding hydrogens is 383 g/mol. The Labute approximate surface area is 136 Å². The van der Waals surface area contributed by atoms with E-state index in [1.54, 1.807) is 25.1 Å². The van der Waals surface area contributed by atoms with E-state index in [4.69, 9.17) is 11.2 Å². The molecule has 0 spiro atoms. The first kappa shape index (κ1) is 15.4. The van der Waals surface area contributed by atoms with E-state index in [0.717, 1.165) is 14.0 Å². The molecule has 1 heterocycles. The van der Waals surface area contributed by atoms with Gasteiger partial charge in [-0.05, 0) is 53.3 Å². The lowest BCUT2D eigenvalue weighted by Gasteiger charge is -2.07. The van der Waals surface area contributed by atoms with Crippen LogP contribution in [0.5, 0.6) is 5.75 Å². The molecule has 0 saturated carbocycles. The largest absolute Gasteiger partial charge is 0.480 e. The normalized spacial score (nSPS) is 16.0. The number of rotatable bonds is 4. The number of likely N-dealkylation sites (N-methyl/N-ethyl adjacent to an activating group) is 1. The molecule has 0 bridgehead atoms. The van der Waals surface area contributed by atoms with E-state index in [9.17, 15) is 9.59 Å². The number of hydrogen-bond donors (Lipinski definition) is 1. The number of carbonyl (C=O) groups excluding carboxylic acids is 2. The van der Waals surface area contributed by atoms with Gasteiger partial charge in [0.2, 0.25) is 0 Å². The topological polar surface area (TPSA) is 58.6 Å². The smallest absolute Gasteiger partial charge is 0.328 e. The maximum atomic E-state index is 12.0. The zero-order valence-electron chi connectivity index (χ0n) is 11.4. The van der Waals surface area contributed by atoms with E-state index in [0.29, 0.717) is 12.3 Å². The maximum Gasteiger partial charge on any atom is 0.328 e. The fourth-order valence-corrected chi connectivity index (χ4v) is 2.56. The van der Waals surface area contributed by atoms with E-state index in [1.807, 2.05) is 6.07 Å². The molecule has 1 aromatic carbocycles. The second kappa shape index (κ2) is 6.63. The van der Waals surface area contributed by atoms with Crippen LogP contribution in [0.3, 0.4) is 0 Å². The Kier molecular flexibility index (Phi) is 4.85. The highest BCUT2D eigenvalue weighted by Crippen LogP contribution is 2.24. The molecule has 0 aromatic heterocycles. The molecule has 1 fully saturated rings. The number of ether oxygens (including phenoxy) is 1. The van der Waals surface area contributed by atoms with Crippen molar-refractivity contribution >= 4 is 40.6 Å². The van der Waals surface area contributed by atoms with Crippen molar-refractivity contribution in [3.63, 3.8) is 0 Å². The fourth-order valence-electron chi connectivity index (χ4n) is 1.87. The van der Waals surface area contributed by atoms with Crippen LogP contribution in [0.4, 0.5) is 4.79 Å². The summed E-state index contributed by atoms with van der Waals surface area (Å²) in [5, 5.41) is 2.56. The number of nitrogens with one attached hydrogen (secondary N) is 1. The van der Waals surface area contributed by atoms with Crippen LogP contribution in [0.2, 0.25) is 0 Å². The minimum Gasteiger partial charge on any atom is -0.480 e. The Morgan fingerprint density at radius 1 is 1.48 bits per heavy atom. The van der Waals surface area contributed by atoms with Gasteiger partial charge >= 0.3 is 6.03 Å². The molecule has 0 aliphatic carbocycles. The van der Waals surface area contributed by atoms with Gasteiger partial charge in [0.15, 0.2) is 0 Å². The van der Waals surface area contributed by atoms with Crippen LogP contribution in [-0.2, 0) is 4.79 Å². The second-order valence-electron chi connectivity index (χ2n) is 4.22. The summed E-state index contributed by atoms with van der Waals surface area (Å²) in [7, 11) is 0. The predicted octanol–water partition coefficient (Wildman–Crippen LogP) is 2.22. The highest BCUT2D eigenvalue weighted by atomic mass is 127. The molecule has 5 nitrogen and oxygen atoms in total. The molecule has 1 saturated heterocycles. The summed E-state index contributed by atoms with van der Waals surface area (Å²) in [5.74, 6) is 2.78. The lowest BCUT2D eigenvalue weighted by molar-refractivity contribution is -0.122. The van der Waals surface area contributed by atoms with Gasteiger partial charge in [-0.3, -0.25) is 9.69 Å². The monoisotopic (exact) mass is 396 g/mol. The summed E-state index contributed by atoms with van der Waals surface area (Å²) < 4.78 is 6.25. The minimum atomic E-state index is -0.391. The first-order valence-electron chi connectivity index (χ1n) is 6.27. The van der Waals surface area contributed by atoms with Crippen molar-refractivity contribution < 1.29 is 14.3 Å². The number of amides is 3. The molecule has 2 rings (SSSR count). The van der Waals surface area contributed by atoms with Crippen LogP contribution in [-0.4, -0.2) is 30.0 Å². The van der Waals surface area contributed by atoms with E-state index in [-0.39, 0.29) is 18.2 Å². The summed E-state index contributed by atoms with van der Waals surface area (Å²) in [5.41, 5.74) is 1.07. The van der Waals surface area contributed by atoms with Crippen molar-refractivity contribution in [3.05, 3.63) is 33.0 Å². The zero-order chi connectivity index (χ0) is 15.4. The van der Waals surface area contributed by atoms with Crippen molar-refractivity contribution in [1.29, 1.82) is 0 Å². The highest BCUT2D eigenvalue weighted by molar-refractivity contribution is 14.1. The third-order valence-corrected chi connectivity index (χ3v) is 3.70. The zero-order valence-corrected chi connectivity index (χ0v) is 13.5. The van der Waals surface area contributed by atoms with Gasteiger partial charge in [-0.2, -0.15) is 0 Å². The standard InChI is InChI=1S/C15H13IN2O3/c1-3-7-21-13-6-5-10(8-11(13)16)9-12-14(19)18(4-2)15(20)17-12/h1,5-6,8-9H,4,7H2,2H3,(H,17,20)/b12-9+. The summed E-state index contributed by atoms with van der Waals surface area (Å²) >= 11 is 2.13. The summed E-state index contributed by atoms with van der Waals surface area (Å²) in [6.07, 6.45) is 6.79. The molecule has 21 heavy (non-hydrogen) atoms. The molecule has 1 aromatic rings. The van der Waals surface area contributed by atoms with Crippen molar-refractivity contribution in [2.75, 3.05) is 13.2 Å². The lowest BCUT2D eigenvalue weighted by Crippen LogP contribution is -2.30. The maximum absolute atomic E-state index is 12.0. The summed E-state index contributed by atoms with van der Waals surface area (Å²) in [4.78, 5) is 24.7. The molecule has 0 unspecified atom stereocenters. The predicted molar refractivity (Wildman–Crippen MR) is 87.4 cm³/mol. The van der Waals surface area contributed by atoms with E-state index in [2.05, 4.69) is 33.8 Å². The van der Waals surface area contributed by atoms with Gasteiger partial charge in [-0.25, -0.2) is 4.79 Å². The van der Waals surface area contributed by atoms with Gasteiger partial charge in [-0.15, -0.1) is 6.42 Å². The first-order chi connectivity index (χ1) is 10.1. The van der Waals surface area contributed by atoms with Crippen molar-refractivity contribution in [2.45, 2.75) is 6.92 Å². The number of terminal acetylenes is 1. The van der Waals surface area contributed by atoms with E-state index >= 15 is 0 Å². The number of benzene rings is 1. The summed E-state index contributed by atoms with van der Waals surface area (Å²) in [6, 6.07) is 5.05. The van der Waals surface area contributed by atoms with Crippen molar-refractivity contribution in [1.82, 2.24) is 10.2 Å². The summed E-state index contributed by atoms with van der Waals surface area (Å²) in [6.45, 7) is 2.30. The Bertz CT molecular complexity index is 661. The number of imide groups is 1. The van der Waals surface area contributed by atoms with E-state index < -0.39 is 6.03 Å². The van der Waals surface area contributed by atoms with Gasteiger partial charge in [0.05, 0.1) is 3.57 Å². The minimum absolute atomic E-state index is 0.205. The second-order valence-corrected chi connectivity index (χ2v) is 5.38. The van der Waals surface area contributed by atoms with Gasteiger partial charge in [0.25, 0.3) is 5.91 Å². The number of nitrogens with zero attached hydrogens (tertiary/aromatic N) is 1. The molecule has 1 aliphatic heterocycles. The van der Waals surface area contributed by atoms with Crippen LogP contribution in [0.1, 0.15) is 12.5 Å². The van der Waals surface area contributed by atoms with Crippen LogP contribution in [0.15, 0.2) is 23.9 Å². The SMILES string of the molecule is C#CCOc1ccc(/C=C2/NC(=O)N(CC)C2=O)cc1I. The molecule has 0 atom stereocenters. The van der Waals surface area contributed by atoms with Gasteiger partial charge < -0.3 is 10.1 Å². The lowest BCUT2D eigenvalue weighted by atomic mass is 10.2. The third-order valence-electron chi connectivity index (χ3n) is 2.86. The van der Waals surface area contributed by atoms with Gasteiger partial charge in [0.1, 0.15) is 18.1 Å². The Hall–Kier alpha value is -2.01. The average Bonchev–Trinajstić information content (AvgIpc) is 2.72. The number of carbonyl (C=O) groups is 2. The Morgan fingerprint density at radius 3 is 2.81 bits per heavy atom. The molecule has 1 aliphatic rings. The van der Waals surface area contributed by atoms with Crippen LogP contribution in [0.25, 0.3) is 6.08 Å². The van der Waals surface area contributed by atoms with Crippen LogP contribution >= 0.6 is 22.6 Å². The van der Waals surface area contributed by atoms with Crippen molar-refractivity contribution in [2.24, 2.45) is 0 Å². The third kappa shape index (κ3) is 3.36. The van der Waals surface area contributed by atoms with Gasteiger partial charge in [-0.1, -0.05) is 12.0 Å². The molecular formula is C15H13IN2O3. The quantitative estimate of drug-likeness (QED) is 0.368. The Morgan fingerprint density at radius 2 is 2.24 bits per heavy atom. The fraction of sp³-hybridized carbons (Fsp3) is 0.200. The highest BCUT2D eigenvalue weighted by Gasteiger charge is 2.31. The molecule has 0 radical (unpaired) electrons. The van der Waals surface area contributed by atoms with Crippen molar-refractivity contribution in [3.8, 4) is 18.1 Å². The molecule has 108 valence electrons. The van der Waals surface area contributed by atoms with E-state index in [1.165, 1.54) is 0 Å². The molecule has 3 amide bonds. The molecule has 6 heteroatoms. The number of urea groups is 1. The number of halogens is 1. The first-order valence-corrected chi connectivity index (χ1v) is 7.35. The number of hydrogen-bond acceptors (Lipinski definition) is 3. The van der Waals surface area contributed by atoms with Gasteiger partial charge in [0, 0.05) is 6.54 Å². The average molecular weight is 396 g/mol.